The average molecular weight is 313 g/mol. The number of nitrogens with one attached hydrogen (secondary N) is 1. The van der Waals surface area contributed by atoms with E-state index in [2.05, 4.69) is 23.8 Å². The molecule has 0 saturated heterocycles. The van der Waals surface area contributed by atoms with E-state index in [4.69, 9.17) is 35.4 Å². The van der Waals surface area contributed by atoms with E-state index >= 15 is 0 Å². The first-order valence-electron chi connectivity index (χ1n) is 6.01. The van der Waals surface area contributed by atoms with Crippen molar-refractivity contribution in [2.45, 2.75) is 20.3 Å². The third kappa shape index (κ3) is 4.03. The van der Waals surface area contributed by atoms with Gasteiger partial charge in [-0.05, 0) is 36.6 Å². The highest BCUT2D eigenvalue weighted by molar-refractivity contribution is 7.71. The van der Waals surface area contributed by atoms with Crippen molar-refractivity contribution < 1.29 is 0 Å². The van der Waals surface area contributed by atoms with Gasteiger partial charge >= 0.3 is 0 Å². The highest BCUT2D eigenvalue weighted by Crippen LogP contribution is 2.25. The van der Waals surface area contributed by atoms with Gasteiger partial charge in [0.1, 0.15) is 10.5 Å². The number of benzene rings is 1. The van der Waals surface area contributed by atoms with Crippen LogP contribution in [0.4, 0.5) is 0 Å². The van der Waals surface area contributed by atoms with Gasteiger partial charge < -0.3 is 4.98 Å². The third-order valence-electron chi connectivity index (χ3n) is 2.56. The van der Waals surface area contributed by atoms with Gasteiger partial charge in [0.05, 0.1) is 0 Å². The standard InChI is InChI=1S/C14H14Cl2N2S/c1-8(2)3-12-7-13(19)18-14(17-12)9-4-10(15)6-11(16)5-9/h4-8H,3H2,1-2H3,(H,17,18,19). The second-order valence-corrected chi connectivity index (χ2v) is 6.14. The van der Waals surface area contributed by atoms with E-state index in [-0.39, 0.29) is 0 Å². The predicted molar refractivity (Wildman–Crippen MR) is 83.4 cm³/mol. The SMILES string of the molecule is CC(C)Cc1cc(=S)nc(-c2cc(Cl)cc(Cl)c2)[nH]1. The maximum Gasteiger partial charge on any atom is 0.139 e. The Balaban J connectivity index is 2.49. The van der Waals surface area contributed by atoms with E-state index in [0.29, 0.717) is 26.4 Å². The lowest BCUT2D eigenvalue weighted by Crippen LogP contribution is -2.00. The van der Waals surface area contributed by atoms with Gasteiger partial charge in [0, 0.05) is 21.3 Å². The normalized spacial score (nSPS) is 11.0. The number of aromatic amines is 1. The second-order valence-electron chi connectivity index (χ2n) is 4.85. The van der Waals surface area contributed by atoms with Crippen molar-refractivity contribution in [1.82, 2.24) is 9.97 Å². The monoisotopic (exact) mass is 312 g/mol. The Kier molecular flexibility index (Phi) is 4.61. The molecule has 0 atom stereocenters. The van der Waals surface area contributed by atoms with Crippen molar-refractivity contribution in [3.05, 3.63) is 44.6 Å². The zero-order chi connectivity index (χ0) is 14.0. The summed E-state index contributed by atoms with van der Waals surface area (Å²) in [5.41, 5.74) is 1.91. The van der Waals surface area contributed by atoms with Crippen LogP contribution in [0.5, 0.6) is 0 Å². The zero-order valence-corrected chi connectivity index (χ0v) is 13.0. The van der Waals surface area contributed by atoms with Crippen molar-refractivity contribution >= 4 is 35.4 Å². The van der Waals surface area contributed by atoms with Gasteiger partial charge in [0.2, 0.25) is 0 Å². The first-order valence-corrected chi connectivity index (χ1v) is 7.17. The minimum absolute atomic E-state index is 0.545. The molecule has 0 unspecified atom stereocenters. The molecule has 2 nitrogen and oxygen atoms in total. The fourth-order valence-electron chi connectivity index (χ4n) is 1.88. The van der Waals surface area contributed by atoms with Crippen LogP contribution in [0.3, 0.4) is 0 Å². The second kappa shape index (κ2) is 6.04. The molecule has 0 spiro atoms. The van der Waals surface area contributed by atoms with Crippen LogP contribution in [-0.4, -0.2) is 9.97 Å². The Labute approximate surface area is 127 Å². The molecule has 1 aromatic heterocycles. The molecule has 0 aliphatic rings. The van der Waals surface area contributed by atoms with Crippen LogP contribution in [0.15, 0.2) is 24.3 Å². The third-order valence-corrected chi connectivity index (χ3v) is 3.21. The molecule has 2 aromatic rings. The van der Waals surface area contributed by atoms with Crippen molar-refractivity contribution in [3.8, 4) is 11.4 Å². The van der Waals surface area contributed by atoms with Crippen molar-refractivity contribution in [3.63, 3.8) is 0 Å². The van der Waals surface area contributed by atoms with Gasteiger partial charge in [-0.25, -0.2) is 4.98 Å². The highest BCUT2D eigenvalue weighted by Gasteiger charge is 2.06. The molecular formula is C14H14Cl2N2S. The van der Waals surface area contributed by atoms with E-state index < -0.39 is 0 Å². The van der Waals surface area contributed by atoms with Crippen LogP contribution < -0.4 is 0 Å². The van der Waals surface area contributed by atoms with Crippen molar-refractivity contribution in [2.75, 3.05) is 0 Å². The van der Waals surface area contributed by atoms with Crippen LogP contribution in [0.25, 0.3) is 11.4 Å². The number of nitrogens with zero attached hydrogens (tertiary/aromatic N) is 1. The minimum Gasteiger partial charge on any atom is -0.343 e. The molecule has 0 aliphatic heterocycles. The summed E-state index contributed by atoms with van der Waals surface area (Å²) in [4.78, 5) is 7.63. The molecule has 1 N–H and O–H groups in total. The molecule has 19 heavy (non-hydrogen) atoms. The minimum atomic E-state index is 0.545. The molecule has 0 aliphatic carbocycles. The topological polar surface area (TPSA) is 28.7 Å². The summed E-state index contributed by atoms with van der Waals surface area (Å²) in [6, 6.07) is 7.23. The largest absolute Gasteiger partial charge is 0.343 e. The van der Waals surface area contributed by atoms with Gasteiger partial charge in [-0.15, -0.1) is 0 Å². The van der Waals surface area contributed by atoms with E-state index in [1.54, 1.807) is 6.07 Å². The number of hydrogen-bond acceptors (Lipinski definition) is 2. The van der Waals surface area contributed by atoms with Gasteiger partial charge in [-0.2, -0.15) is 0 Å². The smallest absolute Gasteiger partial charge is 0.139 e. The molecule has 0 amide bonds. The molecule has 100 valence electrons. The number of rotatable bonds is 3. The average Bonchev–Trinajstić information content (AvgIpc) is 2.25. The highest BCUT2D eigenvalue weighted by atomic mass is 35.5. The summed E-state index contributed by atoms with van der Waals surface area (Å²) in [6.07, 6.45) is 0.924. The first-order chi connectivity index (χ1) is 8.94. The van der Waals surface area contributed by atoms with Crippen molar-refractivity contribution in [2.24, 2.45) is 5.92 Å². The Morgan fingerprint density at radius 3 is 2.37 bits per heavy atom. The number of H-pyrrole nitrogens is 1. The van der Waals surface area contributed by atoms with Crippen LogP contribution in [-0.2, 0) is 6.42 Å². The summed E-state index contributed by atoms with van der Waals surface area (Å²) in [6.45, 7) is 4.32. The van der Waals surface area contributed by atoms with E-state index in [9.17, 15) is 0 Å². The van der Waals surface area contributed by atoms with Gasteiger partial charge in [0.25, 0.3) is 0 Å². The summed E-state index contributed by atoms with van der Waals surface area (Å²) in [5, 5.41) is 1.16. The van der Waals surface area contributed by atoms with Gasteiger partial charge in [-0.3, -0.25) is 0 Å². The summed E-state index contributed by atoms with van der Waals surface area (Å²) < 4.78 is 0.570. The predicted octanol–water partition coefficient (Wildman–Crippen LogP) is 5.31. The van der Waals surface area contributed by atoms with E-state index in [1.807, 2.05) is 18.2 Å². The molecule has 0 radical (unpaired) electrons. The van der Waals surface area contributed by atoms with Crippen LogP contribution >= 0.6 is 35.4 Å². The Morgan fingerprint density at radius 2 is 1.79 bits per heavy atom. The molecule has 1 heterocycles. The summed E-state index contributed by atoms with van der Waals surface area (Å²) in [5.74, 6) is 1.25. The molecule has 5 heteroatoms. The van der Waals surface area contributed by atoms with E-state index in [0.717, 1.165) is 17.7 Å². The van der Waals surface area contributed by atoms with Gasteiger partial charge in [-0.1, -0.05) is 49.3 Å². The molecule has 0 fully saturated rings. The summed E-state index contributed by atoms with van der Waals surface area (Å²) in [7, 11) is 0. The summed E-state index contributed by atoms with van der Waals surface area (Å²) >= 11 is 17.2. The van der Waals surface area contributed by atoms with Crippen molar-refractivity contribution in [1.29, 1.82) is 0 Å². The molecule has 1 aromatic carbocycles. The quantitative estimate of drug-likeness (QED) is 0.778. The lowest BCUT2D eigenvalue weighted by Gasteiger charge is -2.08. The maximum atomic E-state index is 6.01. The number of hydrogen-bond donors (Lipinski definition) is 1. The fourth-order valence-corrected chi connectivity index (χ4v) is 2.64. The fraction of sp³-hybridized carbons (Fsp3) is 0.286. The number of halogens is 2. The molecular weight excluding hydrogens is 299 g/mol. The van der Waals surface area contributed by atoms with Crippen LogP contribution in [0.2, 0.25) is 10.0 Å². The Morgan fingerprint density at radius 1 is 1.16 bits per heavy atom. The maximum absolute atomic E-state index is 6.01. The molecule has 0 bridgehead atoms. The Bertz CT molecular complexity index is 630. The van der Waals surface area contributed by atoms with Gasteiger partial charge in [0.15, 0.2) is 0 Å². The Hall–Kier alpha value is -0.900. The first kappa shape index (κ1) is 14.5. The van der Waals surface area contributed by atoms with Crippen LogP contribution in [0.1, 0.15) is 19.5 Å². The van der Waals surface area contributed by atoms with Crippen LogP contribution in [0, 0.1) is 10.6 Å². The molecule has 2 rings (SSSR count). The van der Waals surface area contributed by atoms with E-state index in [1.165, 1.54) is 0 Å². The zero-order valence-electron chi connectivity index (χ0n) is 10.7. The number of aromatic nitrogens is 2. The lowest BCUT2D eigenvalue weighted by atomic mass is 10.1. The lowest BCUT2D eigenvalue weighted by molar-refractivity contribution is 0.634. The molecule has 0 saturated carbocycles.